The molecule has 1 aromatic carbocycles. The Kier molecular flexibility index (Phi) is 11.0. The van der Waals surface area contributed by atoms with Gasteiger partial charge in [-0.15, -0.1) is 0 Å². The topological polar surface area (TPSA) is 39.3 Å². The highest BCUT2D eigenvalue weighted by Gasteiger charge is 2.21. The van der Waals surface area contributed by atoms with Crippen LogP contribution < -0.4 is 0 Å². The summed E-state index contributed by atoms with van der Waals surface area (Å²) < 4.78 is 0. The molecule has 152 valence electrons. The van der Waals surface area contributed by atoms with Crippen molar-refractivity contribution in [3.63, 3.8) is 0 Å². The quantitative estimate of drug-likeness (QED) is 0.772. The summed E-state index contributed by atoms with van der Waals surface area (Å²) in [6, 6.07) is 6.49. The zero-order chi connectivity index (χ0) is 20.2. The van der Waals surface area contributed by atoms with E-state index in [2.05, 4.69) is 67.1 Å². The number of benzene rings is 1. The van der Waals surface area contributed by atoms with E-state index < -0.39 is 0 Å². The molecule has 0 radical (unpaired) electrons. The minimum absolute atomic E-state index is 0.453. The maximum absolute atomic E-state index is 10.7. The van der Waals surface area contributed by atoms with Gasteiger partial charge in [0.1, 0.15) is 6.29 Å². The van der Waals surface area contributed by atoms with Crippen LogP contribution >= 0.6 is 0 Å². The molecule has 1 aliphatic rings. The number of nitrogens with zero attached hydrogens (tertiary/aromatic N) is 2. The van der Waals surface area contributed by atoms with Crippen LogP contribution in [0.4, 0.5) is 0 Å². The first kappa shape index (κ1) is 23.4. The van der Waals surface area contributed by atoms with Crippen LogP contribution in [0, 0.1) is 0 Å². The van der Waals surface area contributed by atoms with Crippen LogP contribution in [0.3, 0.4) is 0 Å². The van der Waals surface area contributed by atoms with E-state index in [0.29, 0.717) is 12.3 Å². The van der Waals surface area contributed by atoms with E-state index >= 15 is 0 Å². The fraction of sp³-hybridized carbons (Fsp3) is 0.609. The highest BCUT2D eigenvalue weighted by molar-refractivity contribution is 5.87. The summed E-state index contributed by atoms with van der Waals surface area (Å²) in [6.45, 7) is 12.8. The first-order valence-corrected chi connectivity index (χ1v) is 10.5. The third kappa shape index (κ3) is 6.78. The second-order valence-corrected chi connectivity index (χ2v) is 7.03. The SMILES string of the molecule is CC.CCN(C)CC.CN1CCc2c[nH]c3cccc(c23)C(CCC=O)C1. The number of aldehydes is 1. The van der Waals surface area contributed by atoms with E-state index in [9.17, 15) is 4.79 Å². The van der Waals surface area contributed by atoms with Crippen LogP contribution in [0.15, 0.2) is 24.4 Å². The summed E-state index contributed by atoms with van der Waals surface area (Å²) in [4.78, 5) is 18.7. The predicted octanol–water partition coefficient (Wildman–Crippen LogP) is 4.70. The highest BCUT2D eigenvalue weighted by atomic mass is 16.1. The minimum atomic E-state index is 0.453. The Morgan fingerprint density at radius 3 is 2.56 bits per heavy atom. The van der Waals surface area contributed by atoms with Crippen LogP contribution in [-0.2, 0) is 11.2 Å². The van der Waals surface area contributed by atoms with Crippen LogP contribution in [0.1, 0.15) is 57.6 Å². The largest absolute Gasteiger partial charge is 0.361 e. The number of hydrogen-bond donors (Lipinski definition) is 1. The van der Waals surface area contributed by atoms with Crippen LogP contribution in [0.5, 0.6) is 0 Å². The van der Waals surface area contributed by atoms with E-state index in [1.54, 1.807) is 0 Å². The van der Waals surface area contributed by atoms with Crippen molar-refractivity contribution < 1.29 is 4.79 Å². The molecule has 0 aliphatic carbocycles. The minimum Gasteiger partial charge on any atom is -0.361 e. The Bertz CT molecular complexity index is 661. The summed E-state index contributed by atoms with van der Waals surface area (Å²) in [5.41, 5.74) is 4.04. The molecule has 0 fully saturated rings. The Morgan fingerprint density at radius 1 is 1.26 bits per heavy atom. The van der Waals surface area contributed by atoms with Crippen LogP contribution in [0.25, 0.3) is 10.9 Å². The smallest absolute Gasteiger partial charge is 0.120 e. The number of aromatic nitrogens is 1. The Balaban J connectivity index is 0.000000392. The number of likely N-dealkylation sites (N-methyl/N-ethyl adjacent to an activating group) is 1. The van der Waals surface area contributed by atoms with Gasteiger partial charge >= 0.3 is 0 Å². The molecule has 4 heteroatoms. The van der Waals surface area contributed by atoms with Crippen molar-refractivity contribution >= 4 is 17.2 Å². The third-order valence-electron chi connectivity index (χ3n) is 5.27. The molecule has 3 rings (SSSR count). The lowest BCUT2D eigenvalue weighted by Gasteiger charge is -2.27. The molecule has 2 aromatic rings. The molecule has 1 atom stereocenters. The zero-order valence-electron chi connectivity index (χ0n) is 18.2. The normalized spacial score (nSPS) is 16.6. The standard InChI is InChI=1S/C16H20N2O.C5H13N.C2H6/c1-18-8-7-12-10-17-15-6-2-5-14(16(12)15)13(11-18)4-3-9-19;1-4-6(3)5-2;1-2/h2,5-6,9-10,13,17H,3-4,7-8,11H2,1H3;4-5H2,1-3H3;1-2H3. The second kappa shape index (κ2) is 12.7. The molecular formula is C23H39N3O. The Hall–Kier alpha value is -1.65. The summed E-state index contributed by atoms with van der Waals surface area (Å²) in [6.07, 6.45) is 5.86. The lowest BCUT2D eigenvalue weighted by Crippen LogP contribution is -2.28. The number of rotatable bonds is 5. The maximum atomic E-state index is 10.7. The van der Waals surface area contributed by atoms with Crippen molar-refractivity contribution in [2.45, 2.75) is 52.9 Å². The van der Waals surface area contributed by atoms with E-state index in [4.69, 9.17) is 0 Å². The monoisotopic (exact) mass is 373 g/mol. The fourth-order valence-electron chi connectivity index (χ4n) is 3.44. The first-order valence-electron chi connectivity index (χ1n) is 10.5. The van der Waals surface area contributed by atoms with E-state index in [0.717, 1.165) is 45.3 Å². The molecule has 0 spiro atoms. The van der Waals surface area contributed by atoms with Gasteiger partial charge in [-0.25, -0.2) is 0 Å². The fourth-order valence-corrected chi connectivity index (χ4v) is 3.44. The Labute approximate surface area is 165 Å². The molecule has 1 unspecified atom stereocenters. The first-order chi connectivity index (χ1) is 13.1. The van der Waals surface area contributed by atoms with Gasteiger partial charge in [0.2, 0.25) is 0 Å². The van der Waals surface area contributed by atoms with Gasteiger partial charge < -0.3 is 19.6 Å². The van der Waals surface area contributed by atoms with Crippen LogP contribution in [-0.4, -0.2) is 61.3 Å². The molecule has 0 saturated carbocycles. The summed E-state index contributed by atoms with van der Waals surface area (Å²) in [5, 5.41) is 1.39. The molecule has 0 amide bonds. The summed E-state index contributed by atoms with van der Waals surface area (Å²) >= 11 is 0. The molecule has 1 N–H and O–H groups in total. The van der Waals surface area contributed by atoms with E-state index in [-0.39, 0.29) is 0 Å². The van der Waals surface area contributed by atoms with Gasteiger partial charge in [0.05, 0.1) is 0 Å². The molecule has 4 nitrogen and oxygen atoms in total. The average Bonchev–Trinajstić information content (AvgIpc) is 3.13. The van der Waals surface area contributed by atoms with Crippen molar-refractivity contribution in [2.75, 3.05) is 40.3 Å². The van der Waals surface area contributed by atoms with Gasteiger partial charge in [-0.3, -0.25) is 0 Å². The predicted molar refractivity (Wildman–Crippen MR) is 118 cm³/mol. The molecule has 1 aromatic heterocycles. The van der Waals surface area contributed by atoms with Crippen molar-refractivity contribution in [2.24, 2.45) is 0 Å². The van der Waals surface area contributed by atoms with Gasteiger partial charge in [-0.1, -0.05) is 39.8 Å². The number of hydrogen-bond acceptors (Lipinski definition) is 3. The number of H-pyrrole nitrogens is 1. The van der Waals surface area contributed by atoms with Crippen molar-refractivity contribution in [1.29, 1.82) is 0 Å². The van der Waals surface area contributed by atoms with Crippen molar-refractivity contribution in [3.05, 3.63) is 35.5 Å². The van der Waals surface area contributed by atoms with Gasteiger partial charge in [0.25, 0.3) is 0 Å². The molecule has 0 bridgehead atoms. The van der Waals surface area contributed by atoms with Gasteiger partial charge in [0, 0.05) is 36.6 Å². The van der Waals surface area contributed by atoms with Gasteiger partial charge in [-0.2, -0.15) is 0 Å². The molecular weight excluding hydrogens is 334 g/mol. The lowest BCUT2D eigenvalue weighted by molar-refractivity contribution is -0.108. The zero-order valence-corrected chi connectivity index (χ0v) is 18.2. The third-order valence-corrected chi connectivity index (χ3v) is 5.27. The van der Waals surface area contributed by atoms with Crippen LogP contribution in [0.2, 0.25) is 0 Å². The number of nitrogens with one attached hydrogen (secondary N) is 1. The number of carbonyl (C=O) groups is 1. The second-order valence-electron chi connectivity index (χ2n) is 7.03. The molecule has 2 heterocycles. The maximum Gasteiger partial charge on any atom is 0.120 e. The summed E-state index contributed by atoms with van der Waals surface area (Å²) in [7, 11) is 4.28. The van der Waals surface area contributed by atoms with Gasteiger partial charge in [-0.05, 0) is 63.1 Å². The highest BCUT2D eigenvalue weighted by Crippen LogP contribution is 2.33. The van der Waals surface area contributed by atoms with E-state index in [1.165, 1.54) is 22.0 Å². The van der Waals surface area contributed by atoms with Crippen molar-refractivity contribution in [1.82, 2.24) is 14.8 Å². The number of carbonyl (C=O) groups excluding carboxylic acids is 1. The molecule has 0 saturated heterocycles. The van der Waals surface area contributed by atoms with Gasteiger partial charge in [0.15, 0.2) is 0 Å². The van der Waals surface area contributed by atoms with Crippen molar-refractivity contribution in [3.8, 4) is 0 Å². The van der Waals surface area contributed by atoms with E-state index in [1.807, 2.05) is 13.8 Å². The summed E-state index contributed by atoms with van der Waals surface area (Å²) in [5.74, 6) is 0.453. The number of aromatic amines is 1. The Morgan fingerprint density at radius 2 is 1.96 bits per heavy atom. The molecule has 1 aliphatic heterocycles. The average molecular weight is 374 g/mol. The molecule has 27 heavy (non-hydrogen) atoms. The lowest BCUT2D eigenvalue weighted by atomic mass is 9.88.